The first kappa shape index (κ1) is 11.7. The molecule has 3 N–H and O–H groups in total. The van der Waals surface area contributed by atoms with Crippen molar-refractivity contribution in [1.29, 1.82) is 0 Å². The number of nitrogens with zero attached hydrogens (tertiary/aromatic N) is 1. The number of imidazole rings is 1. The molecule has 17 heavy (non-hydrogen) atoms. The Balaban J connectivity index is 1.80. The maximum Gasteiger partial charge on any atom is 0.115 e. The monoisotopic (exact) mass is 231 g/mol. The van der Waals surface area contributed by atoms with Crippen LogP contribution in [-0.2, 0) is 13.0 Å². The number of hydrogen-bond donors (Lipinski definition) is 3. The van der Waals surface area contributed by atoms with Gasteiger partial charge in [-0.25, -0.2) is 4.98 Å². The Morgan fingerprint density at radius 1 is 1.35 bits per heavy atom. The Bertz CT molecular complexity index is 436. The third-order valence-corrected chi connectivity index (χ3v) is 2.67. The molecule has 4 heteroatoms. The highest BCUT2D eigenvalue weighted by molar-refractivity contribution is 5.26. The van der Waals surface area contributed by atoms with Crippen LogP contribution in [0.5, 0.6) is 5.75 Å². The van der Waals surface area contributed by atoms with E-state index in [1.165, 1.54) is 5.56 Å². The smallest absolute Gasteiger partial charge is 0.115 e. The Kier molecular flexibility index (Phi) is 3.77. The third-order valence-electron chi connectivity index (χ3n) is 2.67. The Labute approximate surface area is 101 Å². The normalized spacial score (nSPS) is 12.5. The summed E-state index contributed by atoms with van der Waals surface area (Å²) in [4.78, 5) is 7.03. The molecule has 0 aliphatic heterocycles. The summed E-state index contributed by atoms with van der Waals surface area (Å²) in [6.07, 6.45) is 4.44. The van der Waals surface area contributed by atoms with Crippen molar-refractivity contribution in [2.24, 2.45) is 0 Å². The molecular weight excluding hydrogens is 214 g/mol. The van der Waals surface area contributed by atoms with Gasteiger partial charge < -0.3 is 15.4 Å². The Hall–Kier alpha value is -1.81. The van der Waals surface area contributed by atoms with Crippen LogP contribution >= 0.6 is 0 Å². The highest BCUT2D eigenvalue weighted by atomic mass is 16.3. The van der Waals surface area contributed by atoms with Gasteiger partial charge in [-0.15, -0.1) is 0 Å². The van der Waals surface area contributed by atoms with E-state index in [2.05, 4.69) is 22.2 Å². The molecule has 1 aromatic heterocycles. The second-order valence-electron chi connectivity index (χ2n) is 4.23. The lowest BCUT2D eigenvalue weighted by Crippen LogP contribution is -2.27. The van der Waals surface area contributed by atoms with Crippen LogP contribution in [0, 0.1) is 0 Å². The summed E-state index contributed by atoms with van der Waals surface area (Å²) in [6, 6.07) is 7.71. The van der Waals surface area contributed by atoms with Crippen molar-refractivity contribution < 1.29 is 5.11 Å². The zero-order chi connectivity index (χ0) is 12.1. The van der Waals surface area contributed by atoms with Gasteiger partial charge in [0.2, 0.25) is 0 Å². The lowest BCUT2D eigenvalue weighted by Gasteiger charge is -2.13. The number of nitrogens with one attached hydrogen (secondary N) is 2. The molecule has 0 fully saturated rings. The summed E-state index contributed by atoms with van der Waals surface area (Å²) in [5.41, 5.74) is 2.30. The summed E-state index contributed by atoms with van der Waals surface area (Å²) in [6.45, 7) is 2.93. The molecule has 1 unspecified atom stereocenters. The van der Waals surface area contributed by atoms with E-state index in [4.69, 9.17) is 0 Å². The highest BCUT2D eigenvalue weighted by Gasteiger charge is 2.03. The molecule has 0 spiro atoms. The second kappa shape index (κ2) is 5.50. The van der Waals surface area contributed by atoms with E-state index in [0.29, 0.717) is 11.8 Å². The van der Waals surface area contributed by atoms with Gasteiger partial charge in [-0.1, -0.05) is 12.1 Å². The lowest BCUT2D eigenvalue weighted by molar-refractivity contribution is 0.474. The third kappa shape index (κ3) is 3.60. The van der Waals surface area contributed by atoms with E-state index in [1.54, 1.807) is 18.5 Å². The SMILES string of the molecule is CC(Cc1ccc(O)cc1)NCc1cnc[nH]1. The number of aromatic hydroxyl groups is 1. The summed E-state index contributed by atoms with van der Waals surface area (Å²) < 4.78 is 0. The first-order valence-electron chi connectivity index (χ1n) is 5.72. The van der Waals surface area contributed by atoms with Gasteiger partial charge in [0.25, 0.3) is 0 Å². The number of hydrogen-bond acceptors (Lipinski definition) is 3. The van der Waals surface area contributed by atoms with Crippen LogP contribution < -0.4 is 5.32 Å². The van der Waals surface area contributed by atoms with E-state index >= 15 is 0 Å². The zero-order valence-corrected chi connectivity index (χ0v) is 9.85. The minimum absolute atomic E-state index is 0.312. The van der Waals surface area contributed by atoms with Crippen LogP contribution in [0.15, 0.2) is 36.8 Å². The highest BCUT2D eigenvalue weighted by Crippen LogP contribution is 2.11. The van der Waals surface area contributed by atoms with Gasteiger partial charge >= 0.3 is 0 Å². The molecule has 1 aromatic carbocycles. The van der Waals surface area contributed by atoms with E-state index in [1.807, 2.05) is 18.3 Å². The molecule has 2 rings (SSSR count). The number of phenolic OH excluding ortho intramolecular Hbond substituents is 1. The molecule has 1 heterocycles. The van der Waals surface area contributed by atoms with Gasteiger partial charge in [0.1, 0.15) is 5.75 Å². The zero-order valence-electron chi connectivity index (χ0n) is 9.85. The van der Waals surface area contributed by atoms with Gasteiger partial charge in [-0.2, -0.15) is 0 Å². The maximum atomic E-state index is 9.19. The molecule has 4 nitrogen and oxygen atoms in total. The standard InChI is InChI=1S/C13H17N3O/c1-10(15-8-12-7-14-9-16-12)6-11-2-4-13(17)5-3-11/h2-5,7,9-10,15,17H,6,8H2,1H3,(H,14,16). The Morgan fingerprint density at radius 3 is 2.76 bits per heavy atom. The molecule has 0 amide bonds. The van der Waals surface area contributed by atoms with Crippen LogP contribution in [0.25, 0.3) is 0 Å². The summed E-state index contributed by atoms with van der Waals surface area (Å²) >= 11 is 0. The summed E-state index contributed by atoms with van der Waals surface area (Å²) in [5.74, 6) is 0.312. The lowest BCUT2D eigenvalue weighted by atomic mass is 10.1. The fourth-order valence-electron chi connectivity index (χ4n) is 1.72. The van der Waals surface area contributed by atoms with Gasteiger partial charge in [-0.05, 0) is 31.0 Å². The van der Waals surface area contributed by atoms with Gasteiger partial charge in [0.05, 0.1) is 6.33 Å². The predicted molar refractivity (Wildman–Crippen MR) is 66.7 cm³/mol. The molecule has 0 bridgehead atoms. The fraction of sp³-hybridized carbons (Fsp3) is 0.308. The van der Waals surface area contributed by atoms with E-state index in [-0.39, 0.29) is 0 Å². The quantitative estimate of drug-likeness (QED) is 0.735. The fourth-order valence-corrected chi connectivity index (χ4v) is 1.72. The number of H-pyrrole nitrogens is 1. The van der Waals surface area contributed by atoms with Gasteiger partial charge in [0.15, 0.2) is 0 Å². The minimum Gasteiger partial charge on any atom is -0.508 e. The van der Waals surface area contributed by atoms with Gasteiger partial charge in [-0.3, -0.25) is 0 Å². The first-order chi connectivity index (χ1) is 8.24. The molecule has 2 aromatic rings. The topological polar surface area (TPSA) is 60.9 Å². The van der Waals surface area contributed by atoms with E-state index in [9.17, 15) is 5.11 Å². The molecule has 1 atom stereocenters. The largest absolute Gasteiger partial charge is 0.508 e. The van der Waals surface area contributed by atoms with Crippen LogP contribution in [0.1, 0.15) is 18.2 Å². The molecule has 0 saturated heterocycles. The van der Waals surface area contributed by atoms with Crippen LogP contribution in [0.3, 0.4) is 0 Å². The van der Waals surface area contributed by atoms with Crippen molar-refractivity contribution in [1.82, 2.24) is 15.3 Å². The van der Waals surface area contributed by atoms with Crippen molar-refractivity contribution in [2.75, 3.05) is 0 Å². The van der Waals surface area contributed by atoms with Crippen molar-refractivity contribution in [2.45, 2.75) is 25.9 Å². The average Bonchev–Trinajstić information content (AvgIpc) is 2.83. The van der Waals surface area contributed by atoms with Crippen LogP contribution in [0.4, 0.5) is 0 Å². The first-order valence-corrected chi connectivity index (χ1v) is 5.72. The molecular formula is C13H17N3O. The molecule has 0 aliphatic carbocycles. The minimum atomic E-state index is 0.312. The van der Waals surface area contributed by atoms with Crippen molar-refractivity contribution >= 4 is 0 Å². The van der Waals surface area contributed by atoms with Crippen molar-refractivity contribution in [3.8, 4) is 5.75 Å². The van der Waals surface area contributed by atoms with Gasteiger partial charge in [0, 0.05) is 24.5 Å². The van der Waals surface area contributed by atoms with Crippen molar-refractivity contribution in [3.63, 3.8) is 0 Å². The molecule has 0 saturated carbocycles. The van der Waals surface area contributed by atoms with Crippen LogP contribution in [-0.4, -0.2) is 21.1 Å². The number of rotatable bonds is 5. The Morgan fingerprint density at radius 2 is 2.12 bits per heavy atom. The van der Waals surface area contributed by atoms with Crippen LogP contribution in [0.2, 0.25) is 0 Å². The van der Waals surface area contributed by atoms with E-state index < -0.39 is 0 Å². The summed E-state index contributed by atoms with van der Waals surface area (Å²) in [5, 5.41) is 12.6. The van der Waals surface area contributed by atoms with E-state index in [0.717, 1.165) is 18.7 Å². The molecule has 90 valence electrons. The van der Waals surface area contributed by atoms with Crippen molar-refractivity contribution in [3.05, 3.63) is 48.0 Å². The number of phenols is 1. The number of aromatic nitrogens is 2. The predicted octanol–water partition coefficient (Wildman–Crippen LogP) is 1.84. The second-order valence-corrected chi connectivity index (χ2v) is 4.23. The average molecular weight is 231 g/mol. The number of aromatic amines is 1. The molecule has 0 radical (unpaired) electrons. The molecule has 0 aliphatic rings. The maximum absolute atomic E-state index is 9.19. The number of benzene rings is 1. The summed E-state index contributed by atoms with van der Waals surface area (Å²) in [7, 11) is 0.